The van der Waals surface area contributed by atoms with Crippen molar-refractivity contribution in [2.75, 3.05) is 13.7 Å². The number of carbonyl (C=O) groups excluding carboxylic acids is 1. The van der Waals surface area contributed by atoms with Gasteiger partial charge in [-0.25, -0.2) is 9.78 Å². The summed E-state index contributed by atoms with van der Waals surface area (Å²) in [4.78, 5) is 20.9. The van der Waals surface area contributed by atoms with Gasteiger partial charge in [-0.3, -0.25) is 4.98 Å². The van der Waals surface area contributed by atoms with Gasteiger partial charge in [0.1, 0.15) is 0 Å². The Morgan fingerprint density at radius 3 is 2.86 bits per heavy atom. The molecule has 5 nitrogen and oxygen atoms in total. The Bertz CT molecular complexity index is 973. The van der Waals surface area contributed by atoms with Crippen molar-refractivity contribution in [3.8, 4) is 17.1 Å². The van der Waals surface area contributed by atoms with Crippen LogP contribution in [0.25, 0.3) is 11.3 Å². The van der Waals surface area contributed by atoms with Crippen LogP contribution in [0.2, 0.25) is 0 Å². The van der Waals surface area contributed by atoms with Crippen LogP contribution in [0.5, 0.6) is 5.88 Å². The molecule has 1 aliphatic rings. The van der Waals surface area contributed by atoms with E-state index in [-0.39, 0.29) is 5.97 Å². The molecule has 3 heterocycles. The molecule has 0 aliphatic carbocycles. The van der Waals surface area contributed by atoms with E-state index >= 15 is 0 Å². The lowest BCUT2D eigenvalue weighted by Crippen LogP contribution is -2.17. The Morgan fingerprint density at radius 1 is 1.18 bits per heavy atom. The van der Waals surface area contributed by atoms with Crippen molar-refractivity contribution in [1.29, 1.82) is 0 Å². The molecule has 1 unspecified atom stereocenters. The second kappa shape index (κ2) is 8.21. The van der Waals surface area contributed by atoms with Crippen LogP contribution in [0.15, 0.2) is 60.9 Å². The van der Waals surface area contributed by atoms with Gasteiger partial charge in [0.05, 0.1) is 25.0 Å². The number of methoxy groups -OCH3 is 1. The number of carbonyl (C=O) groups is 1. The lowest BCUT2D eigenvalue weighted by atomic mass is 9.88. The maximum atomic E-state index is 12.0. The molecular weight excluding hydrogens is 352 g/mol. The first-order valence-electron chi connectivity index (χ1n) is 9.46. The van der Waals surface area contributed by atoms with E-state index in [0.717, 1.165) is 47.5 Å². The van der Waals surface area contributed by atoms with Crippen molar-refractivity contribution in [2.24, 2.45) is 0 Å². The summed E-state index contributed by atoms with van der Waals surface area (Å²) in [6.45, 7) is 0.653. The van der Waals surface area contributed by atoms with E-state index in [1.807, 2.05) is 30.3 Å². The van der Waals surface area contributed by atoms with Crippen LogP contribution in [0.4, 0.5) is 0 Å². The van der Waals surface area contributed by atoms with Gasteiger partial charge < -0.3 is 9.47 Å². The fourth-order valence-electron chi connectivity index (χ4n) is 3.67. The number of hydrogen-bond acceptors (Lipinski definition) is 5. The molecule has 0 saturated carbocycles. The van der Waals surface area contributed by atoms with Crippen LogP contribution < -0.4 is 4.74 Å². The maximum Gasteiger partial charge on any atom is 0.338 e. The highest BCUT2D eigenvalue weighted by Crippen LogP contribution is 2.37. The fourth-order valence-corrected chi connectivity index (χ4v) is 3.67. The quantitative estimate of drug-likeness (QED) is 0.618. The zero-order valence-electron chi connectivity index (χ0n) is 15.8. The van der Waals surface area contributed by atoms with Crippen LogP contribution in [-0.2, 0) is 11.2 Å². The van der Waals surface area contributed by atoms with Crippen molar-refractivity contribution in [3.63, 3.8) is 0 Å². The van der Waals surface area contributed by atoms with Crippen molar-refractivity contribution >= 4 is 5.97 Å². The SMILES string of the molecule is COC(=O)c1ccncc1CCC1CCOc2nc(-c3ccccc3)ccc21. The number of benzene rings is 1. The molecule has 1 atom stereocenters. The largest absolute Gasteiger partial charge is 0.477 e. The van der Waals surface area contributed by atoms with Gasteiger partial charge in [-0.1, -0.05) is 36.4 Å². The van der Waals surface area contributed by atoms with Crippen LogP contribution in [-0.4, -0.2) is 29.7 Å². The van der Waals surface area contributed by atoms with E-state index in [1.165, 1.54) is 7.11 Å². The van der Waals surface area contributed by atoms with Crippen molar-refractivity contribution in [2.45, 2.75) is 25.2 Å². The minimum atomic E-state index is -0.320. The van der Waals surface area contributed by atoms with E-state index < -0.39 is 0 Å². The molecule has 0 fully saturated rings. The van der Waals surface area contributed by atoms with E-state index in [2.05, 4.69) is 17.1 Å². The zero-order chi connectivity index (χ0) is 19.3. The Kier molecular flexibility index (Phi) is 5.33. The Hall–Kier alpha value is -3.21. The second-order valence-corrected chi connectivity index (χ2v) is 6.85. The molecule has 0 saturated heterocycles. The molecule has 142 valence electrons. The van der Waals surface area contributed by atoms with Gasteiger partial charge in [0, 0.05) is 23.5 Å². The maximum absolute atomic E-state index is 12.0. The number of aromatic nitrogens is 2. The Morgan fingerprint density at radius 2 is 2.04 bits per heavy atom. The molecule has 1 aliphatic heterocycles. The molecular formula is C23H22N2O3. The number of fused-ring (bicyclic) bond motifs is 1. The van der Waals surface area contributed by atoms with Crippen molar-refractivity contribution < 1.29 is 14.3 Å². The molecule has 0 N–H and O–H groups in total. The number of rotatable bonds is 5. The van der Waals surface area contributed by atoms with Gasteiger partial charge >= 0.3 is 5.97 Å². The van der Waals surface area contributed by atoms with Gasteiger partial charge in [-0.05, 0) is 42.9 Å². The highest BCUT2D eigenvalue weighted by Gasteiger charge is 2.24. The number of pyridine rings is 2. The van der Waals surface area contributed by atoms with Crippen LogP contribution in [0, 0.1) is 0 Å². The Labute approximate surface area is 164 Å². The first-order valence-corrected chi connectivity index (χ1v) is 9.46. The molecule has 0 amide bonds. The van der Waals surface area contributed by atoms with Gasteiger partial charge in [0.25, 0.3) is 0 Å². The predicted octanol–water partition coefficient (Wildman–Crippen LogP) is 4.43. The third-order valence-electron chi connectivity index (χ3n) is 5.18. The van der Waals surface area contributed by atoms with Gasteiger partial charge in [-0.2, -0.15) is 0 Å². The summed E-state index contributed by atoms with van der Waals surface area (Å²) in [6.07, 6.45) is 5.96. The average Bonchev–Trinajstić information content (AvgIpc) is 2.77. The summed E-state index contributed by atoms with van der Waals surface area (Å²) >= 11 is 0. The highest BCUT2D eigenvalue weighted by molar-refractivity contribution is 5.90. The van der Waals surface area contributed by atoms with E-state index in [4.69, 9.17) is 14.5 Å². The molecule has 0 spiro atoms. The van der Waals surface area contributed by atoms with Crippen molar-refractivity contribution in [1.82, 2.24) is 9.97 Å². The summed E-state index contributed by atoms with van der Waals surface area (Å²) in [6, 6.07) is 16.0. The van der Waals surface area contributed by atoms with Crippen molar-refractivity contribution in [3.05, 3.63) is 77.6 Å². The summed E-state index contributed by atoms with van der Waals surface area (Å²) in [5, 5.41) is 0. The van der Waals surface area contributed by atoms with Gasteiger partial charge in [0.2, 0.25) is 5.88 Å². The number of esters is 1. The fraction of sp³-hybridized carbons (Fsp3) is 0.261. The lowest BCUT2D eigenvalue weighted by Gasteiger charge is -2.25. The standard InChI is InChI=1S/C23H22N2O3/c1-27-23(26)20-11-13-24-15-18(20)8-7-16-12-14-28-22-19(16)9-10-21(25-22)17-5-3-2-4-6-17/h2-6,9-11,13,15-16H,7-8,12,14H2,1H3. The second-order valence-electron chi connectivity index (χ2n) is 6.85. The first-order chi connectivity index (χ1) is 13.8. The zero-order valence-corrected chi connectivity index (χ0v) is 15.8. The molecule has 2 aromatic heterocycles. The topological polar surface area (TPSA) is 61.3 Å². The highest BCUT2D eigenvalue weighted by atomic mass is 16.5. The smallest absolute Gasteiger partial charge is 0.338 e. The summed E-state index contributed by atoms with van der Waals surface area (Å²) in [5.41, 5.74) is 4.63. The minimum Gasteiger partial charge on any atom is -0.477 e. The minimum absolute atomic E-state index is 0.320. The molecule has 28 heavy (non-hydrogen) atoms. The first kappa shape index (κ1) is 18.2. The molecule has 0 radical (unpaired) electrons. The van der Waals surface area contributed by atoms with Crippen LogP contribution >= 0.6 is 0 Å². The molecule has 3 aromatic rings. The van der Waals surface area contributed by atoms with Crippen LogP contribution in [0.3, 0.4) is 0 Å². The van der Waals surface area contributed by atoms with Crippen LogP contribution in [0.1, 0.15) is 40.2 Å². The van der Waals surface area contributed by atoms with Gasteiger partial charge in [0.15, 0.2) is 0 Å². The number of hydrogen-bond donors (Lipinski definition) is 0. The van der Waals surface area contributed by atoms with Gasteiger partial charge in [-0.15, -0.1) is 0 Å². The van der Waals surface area contributed by atoms with E-state index in [1.54, 1.807) is 18.5 Å². The van der Waals surface area contributed by atoms with E-state index in [9.17, 15) is 4.79 Å². The normalized spacial score (nSPS) is 15.4. The Balaban J connectivity index is 1.54. The summed E-state index contributed by atoms with van der Waals surface area (Å²) in [7, 11) is 1.40. The average molecular weight is 374 g/mol. The third kappa shape index (κ3) is 3.74. The summed E-state index contributed by atoms with van der Waals surface area (Å²) in [5.74, 6) is 0.739. The molecule has 1 aromatic carbocycles. The third-order valence-corrected chi connectivity index (χ3v) is 5.18. The molecule has 5 heteroatoms. The lowest BCUT2D eigenvalue weighted by molar-refractivity contribution is 0.0599. The molecule has 0 bridgehead atoms. The number of aryl methyl sites for hydroxylation is 1. The van der Waals surface area contributed by atoms with E-state index in [0.29, 0.717) is 18.1 Å². The predicted molar refractivity (Wildman–Crippen MR) is 106 cm³/mol. The number of ether oxygens (including phenoxy) is 2. The number of nitrogens with zero attached hydrogens (tertiary/aromatic N) is 2. The summed E-state index contributed by atoms with van der Waals surface area (Å²) < 4.78 is 10.7. The molecule has 4 rings (SSSR count). The monoisotopic (exact) mass is 374 g/mol.